The lowest BCUT2D eigenvalue weighted by Crippen LogP contribution is -2.30. The van der Waals surface area contributed by atoms with Gasteiger partial charge in [-0.15, -0.1) is 0 Å². The van der Waals surface area contributed by atoms with Gasteiger partial charge >= 0.3 is 6.03 Å². The molecule has 3 rings (SSSR count). The zero-order valence-corrected chi connectivity index (χ0v) is 14.1. The van der Waals surface area contributed by atoms with E-state index >= 15 is 0 Å². The molecular formula is C16H10ClIN2O2. The first-order valence-corrected chi connectivity index (χ1v) is 7.88. The Bertz CT molecular complexity index is 770. The number of amides is 3. The van der Waals surface area contributed by atoms with Crippen LogP contribution in [0.1, 0.15) is 5.56 Å². The van der Waals surface area contributed by atoms with Crippen LogP contribution < -0.4 is 10.2 Å². The Morgan fingerprint density at radius 1 is 1.00 bits per heavy atom. The Hall–Kier alpha value is -1.86. The zero-order chi connectivity index (χ0) is 15.7. The second kappa shape index (κ2) is 6.10. The summed E-state index contributed by atoms with van der Waals surface area (Å²) < 4.78 is 1.10. The van der Waals surface area contributed by atoms with Gasteiger partial charge in [0, 0.05) is 8.59 Å². The molecule has 6 heteroatoms. The Kier molecular flexibility index (Phi) is 4.17. The highest BCUT2D eigenvalue weighted by Gasteiger charge is 2.34. The molecule has 22 heavy (non-hydrogen) atoms. The first kappa shape index (κ1) is 15.1. The molecule has 1 aliphatic rings. The van der Waals surface area contributed by atoms with Crippen molar-refractivity contribution in [1.82, 2.24) is 5.32 Å². The van der Waals surface area contributed by atoms with Gasteiger partial charge in [-0.1, -0.05) is 23.7 Å². The maximum atomic E-state index is 12.4. The maximum absolute atomic E-state index is 12.4. The highest BCUT2D eigenvalue weighted by Crippen LogP contribution is 2.24. The van der Waals surface area contributed by atoms with Gasteiger partial charge in [0.1, 0.15) is 5.70 Å². The normalized spacial score (nSPS) is 16.3. The molecule has 1 N–H and O–H groups in total. The van der Waals surface area contributed by atoms with E-state index < -0.39 is 6.03 Å². The third-order valence-corrected chi connectivity index (χ3v) is 4.12. The fraction of sp³-hybridized carbons (Fsp3) is 0. The highest BCUT2D eigenvalue weighted by molar-refractivity contribution is 14.1. The average Bonchev–Trinajstić information content (AvgIpc) is 2.77. The molecule has 4 nitrogen and oxygen atoms in total. The van der Waals surface area contributed by atoms with Crippen LogP contribution in [-0.4, -0.2) is 11.9 Å². The summed E-state index contributed by atoms with van der Waals surface area (Å²) >= 11 is 8.03. The molecule has 1 aliphatic heterocycles. The van der Waals surface area contributed by atoms with Gasteiger partial charge in [-0.2, -0.15) is 0 Å². The van der Waals surface area contributed by atoms with Crippen LogP contribution in [0.15, 0.2) is 54.2 Å². The van der Waals surface area contributed by atoms with E-state index in [1.54, 1.807) is 30.3 Å². The lowest BCUT2D eigenvalue weighted by atomic mass is 10.2. The molecule has 0 bridgehead atoms. The molecule has 1 heterocycles. The van der Waals surface area contributed by atoms with Crippen molar-refractivity contribution in [1.29, 1.82) is 0 Å². The van der Waals surface area contributed by atoms with Crippen molar-refractivity contribution >= 4 is 57.9 Å². The Morgan fingerprint density at radius 2 is 1.64 bits per heavy atom. The SMILES string of the molecule is O=C1NC(=Cc2ccc(I)cc2)C(=O)N1c1ccc(Cl)cc1. The van der Waals surface area contributed by atoms with Crippen molar-refractivity contribution in [2.45, 2.75) is 0 Å². The van der Waals surface area contributed by atoms with E-state index in [9.17, 15) is 9.59 Å². The van der Waals surface area contributed by atoms with Gasteiger partial charge < -0.3 is 5.32 Å². The molecule has 2 aromatic carbocycles. The van der Waals surface area contributed by atoms with E-state index in [1.807, 2.05) is 24.3 Å². The smallest absolute Gasteiger partial charge is 0.302 e. The lowest BCUT2D eigenvalue weighted by Gasteiger charge is -2.11. The average molecular weight is 425 g/mol. The largest absolute Gasteiger partial charge is 0.333 e. The Balaban J connectivity index is 1.91. The maximum Gasteiger partial charge on any atom is 0.333 e. The molecule has 0 radical (unpaired) electrons. The van der Waals surface area contributed by atoms with Gasteiger partial charge in [-0.05, 0) is 70.6 Å². The van der Waals surface area contributed by atoms with Crippen molar-refractivity contribution in [2.24, 2.45) is 0 Å². The van der Waals surface area contributed by atoms with Crippen LogP contribution in [0.3, 0.4) is 0 Å². The van der Waals surface area contributed by atoms with Crippen molar-refractivity contribution in [3.05, 3.63) is 68.4 Å². The van der Waals surface area contributed by atoms with Crippen molar-refractivity contribution in [2.75, 3.05) is 4.90 Å². The Morgan fingerprint density at radius 3 is 2.27 bits per heavy atom. The molecule has 2 aromatic rings. The standard InChI is InChI=1S/C16H10ClIN2O2/c17-11-3-7-13(8-4-11)20-15(21)14(19-16(20)22)9-10-1-5-12(18)6-2-10/h1-9H,(H,19,22). The van der Waals surface area contributed by atoms with Gasteiger partial charge in [0.2, 0.25) is 0 Å². The number of nitrogens with one attached hydrogen (secondary N) is 1. The molecule has 0 saturated carbocycles. The van der Waals surface area contributed by atoms with Crippen LogP contribution in [-0.2, 0) is 4.79 Å². The molecule has 0 unspecified atom stereocenters. The van der Waals surface area contributed by atoms with Crippen LogP contribution >= 0.6 is 34.2 Å². The number of rotatable bonds is 2. The minimum atomic E-state index is -0.468. The number of halogens is 2. The number of carbonyl (C=O) groups excluding carboxylic acids is 2. The Labute approximate surface area is 145 Å². The summed E-state index contributed by atoms with van der Waals surface area (Å²) in [6.45, 7) is 0. The lowest BCUT2D eigenvalue weighted by molar-refractivity contribution is -0.113. The van der Waals surface area contributed by atoms with E-state index in [1.165, 1.54) is 0 Å². The summed E-state index contributed by atoms with van der Waals surface area (Å²) in [6, 6.07) is 13.7. The second-order valence-electron chi connectivity index (χ2n) is 4.66. The molecule has 3 amide bonds. The van der Waals surface area contributed by atoms with E-state index in [4.69, 9.17) is 11.6 Å². The fourth-order valence-electron chi connectivity index (χ4n) is 2.09. The number of nitrogens with zero attached hydrogens (tertiary/aromatic N) is 1. The highest BCUT2D eigenvalue weighted by atomic mass is 127. The first-order chi connectivity index (χ1) is 10.5. The van der Waals surface area contributed by atoms with Crippen LogP contribution in [0.5, 0.6) is 0 Å². The minimum absolute atomic E-state index is 0.251. The summed E-state index contributed by atoms with van der Waals surface area (Å²) in [5, 5.41) is 3.14. The topological polar surface area (TPSA) is 49.4 Å². The number of anilines is 1. The van der Waals surface area contributed by atoms with Crippen molar-refractivity contribution < 1.29 is 9.59 Å². The molecule has 1 saturated heterocycles. The zero-order valence-electron chi connectivity index (χ0n) is 11.2. The van der Waals surface area contributed by atoms with Crippen molar-refractivity contribution in [3.63, 3.8) is 0 Å². The minimum Gasteiger partial charge on any atom is -0.302 e. The van der Waals surface area contributed by atoms with Gasteiger partial charge in [0.05, 0.1) is 5.69 Å². The molecule has 0 aliphatic carbocycles. The second-order valence-corrected chi connectivity index (χ2v) is 6.34. The van der Waals surface area contributed by atoms with E-state index in [0.717, 1.165) is 14.0 Å². The van der Waals surface area contributed by atoms with Gasteiger partial charge in [-0.3, -0.25) is 4.79 Å². The summed E-state index contributed by atoms with van der Waals surface area (Å²) in [7, 11) is 0. The monoisotopic (exact) mass is 424 g/mol. The number of benzene rings is 2. The van der Waals surface area contributed by atoms with Gasteiger partial charge in [-0.25, -0.2) is 9.69 Å². The van der Waals surface area contributed by atoms with E-state index in [2.05, 4.69) is 27.9 Å². The number of urea groups is 1. The molecule has 0 aromatic heterocycles. The van der Waals surface area contributed by atoms with Crippen molar-refractivity contribution in [3.8, 4) is 0 Å². The third kappa shape index (κ3) is 3.00. The number of imide groups is 1. The van der Waals surface area contributed by atoms with Gasteiger partial charge in [0.25, 0.3) is 5.91 Å². The van der Waals surface area contributed by atoms with Crippen LogP contribution in [0.25, 0.3) is 6.08 Å². The third-order valence-electron chi connectivity index (χ3n) is 3.14. The summed E-state index contributed by atoms with van der Waals surface area (Å²) in [6.07, 6.45) is 1.66. The number of hydrogen-bond acceptors (Lipinski definition) is 2. The fourth-order valence-corrected chi connectivity index (χ4v) is 2.57. The summed E-state index contributed by atoms with van der Waals surface area (Å²) in [4.78, 5) is 25.5. The molecule has 0 spiro atoms. The number of hydrogen-bond donors (Lipinski definition) is 1. The predicted molar refractivity (Wildman–Crippen MR) is 94.6 cm³/mol. The predicted octanol–water partition coefficient (Wildman–Crippen LogP) is 4.04. The molecule has 0 atom stereocenters. The van der Waals surface area contributed by atoms with E-state index in [-0.39, 0.29) is 11.6 Å². The molecule has 110 valence electrons. The molecule has 1 fully saturated rings. The first-order valence-electron chi connectivity index (χ1n) is 6.43. The van der Waals surface area contributed by atoms with Gasteiger partial charge in [0.15, 0.2) is 0 Å². The summed E-state index contributed by atoms with van der Waals surface area (Å²) in [5.41, 5.74) is 1.58. The quantitative estimate of drug-likeness (QED) is 0.449. The van der Waals surface area contributed by atoms with Crippen LogP contribution in [0.4, 0.5) is 10.5 Å². The number of carbonyl (C=O) groups is 2. The summed E-state index contributed by atoms with van der Waals surface area (Å²) in [5.74, 6) is -0.383. The van der Waals surface area contributed by atoms with Crippen LogP contribution in [0.2, 0.25) is 5.02 Å². The molecular weight excluding hydrogens is 415 g/mol. The van der Waals surface area contributed by atoms with E-state index in [0.29, 0.717) is 10.7 Å². The van der Waals surface area contributed by atoms with Crippen LogP contribution in [0, 0.1) is 3.57 Å².